The molecule has 1 aromatic rings. The van der Waals surface area contributed by atoms with E-state index in [1.54, 1.807) is 30.3 Å². The van der Waals surface area contributed by atoms with Gasteiger partial charge in [0.1, 0.15) is 11.9 Å². The van der Waals surface area contributed by atoms with Gasteiger partial charge in [0.15, 0.2) is 0 Å². The summed E-state index contributed by atoms with van der Waals surface area (Å²) < 4.78 is 29.6. The Morgan fingerprint density at radius 3 is 2.35 bits per heavy atom. The molecule has 6 nitrogen and oxygen atoms in total. The fourth-order valence-electron chi connectivity index (χ4n) is 1.30. The zero-order valence-electron chi connectivity index (χ0n) is 8.91. The number of hydrogen-bond acceptors (Lipinski definition) is 4. The summed E-state index contributed by atoms with van der Waals surface area (Å²) >= 11 is 0. The Morgan fingerprint density at radius 2 is 1.88 bits per heavy atom. The molecule has 0 bridgehead atoms. The van der Waals surface area contributed by atoms with Crippen molar-refractivity contribution in [1.29, 1.82) is 0 Å². The van der Waals surface area contributed by atoms with Gasteiger partial charge in [-0.15, -0.1) is 0 Å². The van der Waals surface area contributed by atoms with Crippen molar-refractivity contribution in [1.82, 2.24) is 5.32 Å². The molecule has 0 radical (unpaired) electrons. The molecule has 7 heteroatoms. The number of nitrogens with one attached hydrogen (secondary N) is 1. The Kier molecular flexibility index (Phi) is 4.62. The minimum absolute atomic E-state index is 0.145. The first-order valence-electron chi connectivity index (χ1n) is 4.84. The molecule has 1 aromatic carbocycles. The highest BCUT2D eigenvalue weighted by atomic mass is 32.2. The molecular weight excluding hydrogens is 246 g/mol. The molecule has 0 heterocycles. The van der Waals surface area contributed by atoms with E-state index in [9.17, 15) is 13.2 Å². The predicted octanol–water partition coefficient (Wildman–Crippen LogP) is 0.117. The molecule has 0 aliphatic carbocycles. The van der Waals surface area contributed by atoms with Crippen LogP contribution in [0.4, 0.5) is 0 Å². The second kappa shape index (κ2) is 5.76. The number of carboxylic acids is 1. The number of hydrogen-bond donors (Lipinski definition) is 3. The van der Waals surface area contributed by atoms with E-state index in [0.29, 0.717) is 0 Å². The van der Waals surface area contributed by atoms with Crippen LogP contribution < -0.4 is 5.32 Å². The highest BCUT2D eigenvalue weighted by Gasteiger charge is 2.19. The van der Waals surface area contributed by atoms with Gasteiger partial charge >= 0.3 is 5.97 Å². The van der Waals surface area contributed by atoms with Crippen LogP contribution in [-0.4, -0.2) is 36.0 Å². The molecule has 94 valence electrons. The molecule has 1 rings (SSSR count). The number of aliphatic carboxylic acids is 1. The number of rotatable bonds is 6. The van der Waals surface area contributed by atoms with Gasteiger partial charge in [-0.25, -0.2) is 0 Å². The molecule has 0 amide bonds. The van der Waals surface area contributed by atoms with Crippen LogP contribution in [-0.2, 0) is 21.3 Å². The minimum Gasteiger partial charge on any atom is -0.480 e. The van der Waals surface area contributed by atoms with Gasteiger partial charge in [0.05, 0.1) is 0 Å². The van der Waals surface area contributed by atoms with Crippen molar-refractivity contribution in [2.45, 2.75) is 12.5 Å². The summed E-state index contributed by atoms with van der Waals surface area (Å²) in [5.74, 6) is -1.95. The zero-order chi connectivity index (χ0) is 12.9. The third-order valence-corrected chi connectivity index (χ3v) is 2.62. The van der Waals surface area contributed by atoms with Gasteiger partial charge in [0, 0.05) is 0 Å². The lowest BCUT2D eigenvalue weighted by atomic mass is 10.1. The van der Waals surface area contributed by atoms with E-state index in [-0.39, 0.29) is 6.42 Å². The number of carboxylic acid groups (broad SMARTS) is 1. The molecule has 0 aliphatic rings. The van der Waals surface area contributed by atoms with E-state index >= 15 is 0 Å². The van der Waals surface area contributed by atoms with Gasteiger partial charge in [0.25, 0.3) is 10.1 Å². The number of carbonyl (C=O) groups is 1. The number of benzene rings is 1. The molecule has 0 saturated carbocycles. The molecule has 0 fully saturated rings. The van der Waals surface area contributed by atoms with E-state index in [1.807, 2.05) is 0 Å². The first-order chi connectivity index (χ1) is 7.88. The Bertz CT molecular complexity index is 471. The van der Waals surface area contributed by atoms with E-state index in [4.69, 9.17) is 9.66 Å². The van der Waals surface area contributed by atoms with Gasteiger partial charge in [-0.2, -0.15) is 8.42 Å². The van der Waals surface area contributed by atoms with Crippen LogP contribution in [0.25, 0.3) is 0 Å². The van der Waals surface area contributed by atoms with Crippen molar-refractivity contribution in [3.63, 3.8) is 0 Å². The third-order valence-electron chi connectivity index (χ3n) is 2.09. The smallest absolute Gasteiger partial charge is 0.321 e. The van der Waals surface area contributed by atoms with Crippen molar-refractivity contribution >= 4 is 16.1 Å². The van der Waals surface area contributed by atoms with Crippen LogP contribution >= 0.6 is 0 Å². The molecule has 0 spiro atoms. The van der Waals surface area contributed by atoms with Crippen LogP contribution in [0.2, 0.25) is 0 Å². The van der Waals surface area contributed by atoms with Gasteiger partial charge in [-0.1, -0.05) is 30.3 Å². The van der Waals surface area contributed by atoms with Crippen LogP contribution in [0.3, 0.4) is 0 Å². The maximum atomic E-state index is 10.9. The molecule has 0 aromatic heterocycles. The predicted molar refractivity (Wildman–Crippen MR) is 61.1 cm³/mol. The summed E-state index contributed by atoms with van der Waals surface area (Å²) in [4.78, 5) is 10.9. The highest BCUT2D eigenvalue weighted by molar-refractivity contribution is 7.85. The Morgan fingerprint density at radius 1 is 1.29 bits per heavy atom. The second-order valence-electron chi connectivity index (χ2n) is 3.51. The molecule has 0 saturated heterocycles. The maximum absolute atomic E-state index is 10.9. The summed E-state index contributed by atoms with van der Waals surface area (Å²) in [5.41, 5.74) is 0.766. The third kappa shape index (κ3) is 5.43. The monoisotopic (exact) mass is 259 g/mol. The highest BCUT2D eigenvalue weighted by Crippen LogP contribution is 2.03. The molecule has 17 heavy (non-hydrogen) atoms. The zero-order valence-corrected chi connectivity index (χ0v) is 9.72. The maximum Gasteiger partial charge on any atom is 0.321 e. The minimum atomic E-state index is -4.22. The summed E-state index contributed by atoms with van der Waals surface area (Å²) in [6.07, 6.45) is 0.145. The Hall–Kier alpha value is -1.44. The average Bonchev–Trinajstić information content (AvgIpc) is 2.24. The van der Waals surface area contributed by atoms with Crippen molar-refractivity contribution in [3.8, 4) is 0 Å². The second-order valence-corrected chi connectivity index (χ2v) is 4.96. The normalized spacial score (nSPS) is 13.2. The summed E-state index contributed by atoms with van der Waals surface area (Å²) in [5, 5.41) is 11.2. The topological polar surface area (TPSA) is 104 Å². The summed E-state index contributed by atoms with van der Waals surface area (Å²) in [7, 11) is -4.22. The first-order valence-corrected chi connectivity index (χ1v) is 6.44. The van der Waals surface area contributed by atoms with Crippen molar-refractivity contribution in [2.75, 3.05) is 5.88 Å². The van der Waals surface area contributed by atoms with Crippen molar-refractivity contribution in [3.05, 3.63) is 35.9 Å². The fourth-order valence-corrected chi connectivity index (χ4v) is 1.71. The van der Waals surface area contributed by atoms with Gasteiger partial charge in [0.2, 0.25) is 0 Å². The SMILES string of the molecule is O=C(O)C(Cc1ccccc1)NCS(=O)(=O)O. The molecule has 3 N–H and O–H groups in total. The van der Waals surface area contributed by atoms with Gasteiger partial charge in [-0.05, 0) is 12.0 Å². The van der Waals surface area contributed by atoms with E-state index in [0.717, 1.165) is 5.56 Å². The van der Waals surface area contributed by atoms with Crippen LogP contribution in [0.5, 0.6) is 0 Å². The molecule has 1 unspecified atom stereocenters. The lowest BCUT2D eigenvalue weighted by molar-refractivity contribution is -0.139. The Balaban J connectivity index is 2.65. The summed E-state index contributed by atoms with van der Waals surface area (Å²) in [6.45, 7) is 0. The lowest BCUT2D eigenvalue weighted by Gasteiger charge is -2.13. The standard InChI is InChI=1S/C10H13NO5S/c12-10(13)9(11-7-17(14,15)16)6-8-4-2-1-3-5-8/h1-5,9,11H,6-7H2,(H,12,13)(H,14,15,16). The first kappa shape index (κ1) is 13.6. The van der Waals surface area contributed by atoms with Crippen LogP contribution in [0, 0.1) is 0 Å². The summed E-state index contributed by atoms with van der Waals surface area (Å²) in [6, 6.07) is 7.74. The lowest BCUT2D eigenvalue weighted by Crippen LogP contribution is -2.41. The van der Waals surface area contributed by atoms with Gasteiger partial charge < -0.3 is 5.11 Å². The molecular formula is C10H13NO5S. The van der Waals surface area contributed by atoms with Crippen molar-refractivity contribution in [2.24, 2.45) is 0 Å². The van der Waals surface area contributed by atoms with Crippen LogP contribution in [0.15, 0.2) is 30.3 Å². The van der Waals surface area contributed by atoms with Crippen molar-refractivity contribution < 1.29 is 22.9 Å². The van der Waals surface area contributed by atoms with Crippen LogP contribution in [0.1, 0.15) is 5.56 Å². The Labute approximate surface area is 99.0 Å². The van der Waals surface area contributed by atoms with E-state index in [2.05, 4.69) is 5.32 Å². The van der Waals surface area contributed by atoms with Gasteiger partial charge in [-0.3, -0.25) is 14.7 Å². The largest absolute Gasteiger partial charge is 0.480 e. The molecule has 1 atom stereocenters. The van der Waals surface area contributed by atoms with E-state index in [1.165, 1.54) is 0 Å². The quantitative estimate of drug-likeness (QED) is 0.627. The van der Waals surface area contributed by atoms with E-state index < -0.39 is 28.0 Å². The molecule has 0 aliphatic heterocycles. The fraction of sp³-hybridized carbons (Fsp3) is 0.300. The average molecular weight is 259 g/mol.